The number of non-ortho nitro benzene ring substituents is 1. The number of anilines is 1. The fourth-order valence-electron chi connectivity index (χ4n) is 2.83. The summed E-state index contributed by atoms with van der Waals surface area (Å²) < 4.78 is 0. The Morgan fingerprint density at radius 3 is 2.62 bits per heavy atom. The average molecular weight is 399 g/mol. The number of hydrazone groups is 1. The van der Waals surface area contributed by atoms with Gasteiger partial charge in [-0.15, -0.1) is 11.3 Å². The molecule has 140 valence electrons. The zero-order valence-corrected chi connectivity index (χ0v) is 15.8. The Morgan fingerprint density at radius 1 is 1.10 bits per heavy atom. The highest BCUT2D eigenvalue weighted by Gasteiger charge is 2.12. The number of hydrogen-bond donors (Lipinski definition) is 1. The van der Waals surface area contributed by atoms with Gasteiger partial charge in [0.25, 0.3) is 5.69 Å². The van der Waals surface area contributed by atoms with Crippen LogP contribution in [0.3, 0.4) is 0 Å². The van der Waals surface area contributed by atoms with Crippen LogP contribution in [-0.4, -0.2) is 15.6 Å². The van der Waals surface area contributed by atoms with Crippen molar-refractivity contribution in [3.63, 3.8) is 0 Å². The molecular formula is C21H13N5O2S. The highest BCUT2D eigenvalue weighted by atomic mass is 32.1. The molecule has 0 bridgehead atoms. The van der Waals surface area contributed by atoms with Gasteiger partial charge in [-0.25, -0.2) is 4.98 Å². The first-order valence-corrected chi connectivity index (χ1v) is 9.46. The van der Waals surface area contributed by atoms with Crippen molar-refractivity contribution in [1.29, 1.82) is 5.26 Å². The third-order valence-corrected chi connectivity index (χ3v) is 5.11. The normalized spacial score (nSPS) is 11.2. The maximum Gasteiger partial charge on any atom is 0.269 e. The van der Waals surface area contributed by atoms with E-state index in [9.17, 15) is 15.4 Å². The maximum atomic E-state index is 10.8. The van der Waals surface area contributed by atoms with Crippen molar-refractivity contribution in [2.24, 2.45) is 5.10 Å². The third kappa shape index (κ3) is 3.81. The second-order valence-electron chi connectivity index (χ2n) is 6.05. The molecule has 0 aliphatic heterocycles. The quantitative estimate of drug-likeness (QED) is 0.282. The number of hydrogen-bond acceptors (Lipinski definition) is 7. The molecule has 4 rings (SSSR count). The zero-order chi connectivity index (χ0) is 20.2. The van der Waals surface area contributed by atoms with E-state index in [0.29, 0.717) is 10.7 Å². The number of nitrogens with zero attached hydrogens (tertiary/aromatic N) is 4. The van der Waals surface area contributed by atoms with Crippen LogP contribution in [0, 0.1) is 21.4 Å². The molecule has 1 heterocycles. The Kier molecular flexibility index (Phi) is 4.97. The standard InChI is InChI=1S/C21H13N5O2S/c22-12-19(25-24-18-7-3-5-14-4-1-2-6-17(14)18)21-23-20(13-29-21)15-8-10-16(11-9-15)26(27)28/h1-11,13,24H/b25-19+. The van der Waals surface area contributed by atoms with E-state index in [1.165, 1.54) is 23.5 Å². The molecule has 0 fully saturated rings. The summed E-state index contributed by atoms with van der Waals surface area (Å²) in [7, 11) is 0. The number of aromatic nitrogens is 1. The van der Waals surface area contributed by atoms with Crippen LogP contribution in [0.15, 0.2) is 77.2 Å². The Bertz CT molecular complexity index is 1270. The second-order valence-corrected chi connectivity index (χ2v) is 6.91. The Morgan fingerprint density at radius 2 is 1.86 bits per heavy atom. The number of rotatable bonds is 5. The number of nitriles is 1. The Labute approximate surface area is 169 Å². The van der Waals surface area contributed by atoms with E-state index in [4.69, 9.17) is 0 Å². The molecule has 0 aliphatic rings. The lowest BCUT2D eigenvalue weighted by atomic mass is 10.1. The Balaban J connectivity index is 1.60. The van der Waals surface area contributed by atoms with E-state index < -0.39 is 4.92 Å². The molecule has 0 saturated heterocycles. The number of thiazole rings is 1. The predicted octanol–water partition coefficient (Wildman–Crippen LogP) is 5.21. The molecule has 1 aromatic heterocycles. The lowest BCUT2D eigenvalue weighted by Crippen LogP contribution is -2.01. The van der Waals surface area contributed by atoms with Crippen LogP contribution in [-0.2, 0) is 0 Å². The molecule has 8 heteroatoms. The van der Waals surface area contributed by atoms with E-state index in [1.807, 2.05) is 42.5 Å². The van der Waals surface area contributed by atoms with Crippen LogP contribution in [0.4, 0.5) is 11.4 Å². The average Bonchev–Trinajstić information content (AvgIpc) is 3.24. The van der Waals surface area contributed by atoms with Gasteiger partial charge in [0, 0.05) is 28.5 Å². The summed E-state index contributed by atoms with van der Waals surface area (Å²) in [4.78, 5) is 14.8. The third-order valence-electron chi connectivity index (χ3n) is 4.26. The summed E-state index contributed by atoms with van der Waals surface area (Å²) in [6, 6.07) is 21.9. The molecule has 0 amide bonds. The predicted molar refractivity (Wildman–Crippen MR) is 114 cm³/mol. The first kappa shape index (κ1) is 18.3. The summed E-state index contributed by atoms with van der Waals surface area (Å²) in [5.74, 6) is 0. The lowest BCUT2D eigenvalue weighted by Gasteiger charge is -2.05. The molecule has 29 heavy (non-hydrogen) atoms. The topological polar surface area (TPSA) is 104 Å². The van der Waals surface area contributed by atoms with Gasteiger partial charge in [-0.1, -0.05) is 36.4 Å². The fourth-order valence-corrected chi connectivity index (χ4v) is 3.59. The van der Waals surface area contributed by atoms with Gasteiger partial charge in [0.1, 0.15) is 6.07 Å². The number of nitro groups is 1. The van der Waals surface area contributed by atoms with Crippen molar-refractivity contribution in [2.45, 2.75) is 0 Å². The van der Waals surface area contributed by atoms with E-state index in [2.05, 4.69) is 21.6 Å². The van der Waals surface area contributed by atoms with Gasteiger partial charge in [0.15, 0.2) is 10.7 Å². The van der Waals surface area contributed by atoms with Crippen LogP contribution in [0.5, 0.6) is 0 Å². The summed E-state index contributed by atoms with van der Waals surface area (Å²) >= 11 is 1.29. The zero-order valence-electron chi connectivity index (χ0n) is 14.9. The first-order valence-electron chi connectivity index (χ1n) is 8.58. The molecule has 0 atom stereocenters. The number of nitrogens with one attached hydrogen (secondary N) is 1. The van der Waals surface area contributed by atoms with Gasteiger partial charge in [-0.2, -0.15) is 10.4 Å². The van der Waals surface area contributed by atoms with Crippen molar-refractivity contribution >= 4 is 39.2 Å². The molecule has 1 N–H and O–H groups in total. The van der Waals surface area contributed by atoms with Crippen molar-refractivity contribution in [1.82, 2.24) is 4.98 Å². The van der Waals surface area contributed by atoms with Crippen LogP contribution >= 0.6 is 11.3 Å². The van der Waals surface area contributed by atoms with E-state index >= 15 is 0 Å². The lowest BCUT2D eigenvalue weighted by molar-refractivity contribution is -0.384. The molecular weight excluding hydrogens is 386 g/mol. The highest BCUT2D eigenvalue weighted by molar-refractivity contribution is 7.12. The monoisotopic (exact) mass is 399 g/mol. The molecule has 0 spiro atoms. The number of nitro benzene ring substituents is 1. The minimum atomic E-state index is -0.449. The molecule has 0 unspecified atom stereocenters. The van der Waals surface area contributed by atoms with Crippen molar-refractivity contribution in [2.75, 3.05) is 5.43 Å². The largest absolute Gasteiger partial charge is 0.276 e. The molecule has 0 saturated carbocycles. The van der Waals surface area contributed by atoms with Crippen LogP contribution in [0.2, 0.25) is 0 Å². The van der Waals surface area contributed by atoms with E-state index in [-0.39, 0.29) is 11.4 Å². The highest BCUT2D eigenvalue weighted by Crippen LogP contribution is 2.25. The number of benzene rings is 3. The van der Waals surface area contributed by atoms with Gasteiger partial charge >= 0.3 is 0 Å². The summed E-state index contributed by atoms with van der Waals surface area (Å²) in [6.07, 6.45) is 0. The van der Waals surface area contributed by atoms with Crippen LogP contribution in [0.1, 0.15) is 5.01 Å². The molecule has 3 aromatic carbocycles. The van der Waals surface area contributed by atoms with Gasteiger partial charge in [-0.3, -0.25) is 15.5 Å². The van der Waals surface area contributed by atoms with E-state index in [0.717, 1.165) is 22.0 Å². The fraction of sp³-hybridized carbons (Fsp3) is 0. The SMILES string of the molecule is N#C/C(=N\Nc1cccc2ccccc12)c1nc(-c2ccc([N+](=O)[O-])cc2)cs1. The molecule has 0 aliphatic carbocycles. The second kappa shape index (κ2) is 7.88. The van der Waals surface area contributed by atoms with Crippen molar-refractivity contribution in [3.05, 3.63) is 87.2 Å². The van der Waals surface area contributed by atoms with Gasteiger partial charge < -0.3 is 0 Å². The van der Waals surface area contributed by atoms with Crippen molar-refractivity contribution < 1.29 is 4.92 Å². The minimum Gasteiger partial charge on any atom is -0.276 e. The summed E-state index contributed by atoms with van der Waals surface area (Å²) in [5, 5.41) is 28.9. The minimum absolute atomic E-state index is 0.0165. The smallest absolute Gasteiger partial charge is 0.269 e. The van der Waals surface area contributed by atoms with Crippen LogP contribution in [0.25, 0.3) is 22.0 Å². The summed E-state index contributed by atoms with van der Waals surface area (Å²) in [6.45, 7) is 0. The van der Waals surface area contributed by atoms with Crippen LogP contribution < -0.4 is 5.43 Å². The van der Waals surface area contributed by atoms with Crippen molar-refractivity contribution in [3.8, 4) is 17.3 Å². The molecule has 4 aromatic rings. The van der Waals surface area contributed by atoms with E-state index in [1.54, 1.807) is 17.5 Å². The first-order chi connectivity index (χ1) is 14.2. The Hall–Kier alpha value is -4.09. The molecule has 7 nitrogen and oxygen atoms in total. The number of fused-ring (bicyclic) bond motifs is 1. The van der Waals surface area contributed by atoms with Gasteiger partial charge in [0.2, 0.25) is 0 Å². The molecule has 0 radical (unpaired) electrons. The van der Waals surface area contributed by atoms with Gasteiger partial charge in [0.05, 0.1) is 16.3 Å². The maximum absolute atomic E-state index is 10.8. The van der Waals surface area contributed by atoms with Gasteiger partial charge in [-0.05, 0) is 23.6 Å². The summed E-state index contributed by atoms with van der Waals surface area (Å²) in [5.41, 5.74) is 5.30.